The average Bonchev–Trinajstić information content (AvgIpc) is 2.89. The second kappa shape index (κ2) is 5.93. The molecule has 0 unspecified atom stereocenters. The molecule has 0 spiro atoms. The molecule has 2 aromatic carbocycles. The minimum atomic E-state index is 0.578. The summed E-state index contributed by atoms with van der Waals surface area (Å²) in [6.45, 7) is 0. The third-order valence-electron chi connectivity index (χ3n) is 3.26. The zero-order chi connectivity index (χ0) is 14.7. The number of hydrogen-bond donors (Lipinski definition) is 1. The molecule has 3 aromatic rings. The molecule has 0 aliphatic carbocycles. The fraction of sp³-hybridized carbons (Fsp3) is 0.125. The lowest BCUT2D eigenvalue weighted by molar-refractivity contribution is 0.414. The van der Waals surface area contributed by atoms with Gasteiger partial charge in [0.05, 0.1) is 12.8 Å². The van der Waals surface area contributed by atoms with Gasteiger partial charge in [-0.15, -0.1) is 0 Å². The smallest absolute Gasteiger partial charge is 0.199 e. The van der Waals surface area contributed by atoms with Gasteiger partial charge in [-0.1, -0.05) is 36.4 Å². The van der Waals surface area contributed by atoms with Crippen LogP contribution in [0, 0.1) is 4.77 Å². The van der Waals surface area contributed by atoms with Crippen LogP contribution >= 0.6 is 12.2 Å². The van der Waals surface area contributed by atoms with E-state index in [0.29, 0.717) is 11.2 Å². The third-order valence-corrected chi connectivity index (χ3v) is 3.53. The maximum atomic E-state index is 5.35. The van der Waals surface area contributed by atoms with Crippen LogP contribution in [0.25, 0.3) is 5.69 Å². The Morgan fingerprint density at radius 1 is 1.14 bits per heavy atom. The van der Waals surface area contributed by atoms with E-state index in [-0.39, 0.29) is 0 Å². The molecule has 5 heteroatoms. The number of hydrogen-bond acceptors (Lipinski definition) is 3. The van der Waals surface area contributed by atoms with Gasteiger partial charge in [0.15, 0.2) is 4.77 Å². The molecule has 1 aromatic heterocycles. The van der Waals surface area contributed by atoms with Gasteiger partial charge < -0.3 is 4.74 Å². The number of aromatic amines is 1. The Labute approximate surface area is 128 Å². The van der Waals surface area contributed by atoms with Crippen molar-refractivity contribution in [3.05, 3.63) is 70.8 Å². The summed E-state index contributed by atoms with van der Waals surface area (Å²) in [7, 11) is 1.65. The highest BCUT2D eigenvalue weighted by Gasteiger charge is 2.09. The van der Waals surface area contributed by atoms with Gasteiger partial charge in [-0.25, -0.2) is 0 Å². The van der Waals surface area contributed by atoms with E-state index in [2.05, 4.69) is 22.3 Å². The van der Waals surface area contributed by atoms with Crippen molar-refractivity contribution in [2.45, 2.75) is 6.42 Å². The van der Waals surface area contributed by atoms with Crippen LogP contribution in [0.5, 0.6) is 5.75 Å². The Morgan fingerprint density at radius 3 is 2.71 bits per heavy atom. The largest absolute Gasteiger partial charge is 0.497 e. The molecule has 0 fully saturated rings. The normalized spacial score (nSPS) is 10.5. The van der Waals surface area contributed by atoms with Crippen LogP contribution < -0.4 is 4.74 Å². The Bertz CT molecular complexity index is 793. The van der Waals surface area contributed by atoms with E-state index in [1.54, 1.807) is 7.11 Å². The highest BCUT2D eigenvalue weighted by molar-refractivity contribution is 7.71. The highest BCUT2D eigenvalue weighted by Crippen LogP contribution is 2.19. The molecular weight excluding hydrogens is 282 g/mol. The standard InChI is InChI=1S/C16H15N3OS/c1-20-14-9-5-8-13(11-14)19-15(17-18-16(19)21)10-12-6-3-2-4-7-12/h2-9,11H,10H2,1H3,(H,18,21). The summed E-state index contributed by atoms with van der Waals surface area (Å²) in [5, 5.41) is 7.22. The molecule has 0 aliphatic rings. The van der Waals surface area contributed by atoms with E-state index in [4.69, 9.17) is 17.0 Å². The van der Waals surface area contributed by atoms with Gasteiger partial charge in [-0.05, 0) is 29.9 Å². The summed E-state index contributed by atoms with van der Waals surface area (Å²) < 4.78 is 7.79. The van der Waals surface area contributed by atoms with Gasteiger partial charge in [-0.2, -0.15) is 5.10 Å². The zero-order valence-electron chi connectivity index (χ0n) is 11.6. The van der Waals surface area contributed by atoms with Crippen molar-refractivity contribution in [2.75, 3.05) is 7.11 Å². The van der Waals surface area contributed by atoms with Gasteiger partial charge in [0.1, 0.15) is 11.6 Å². The van der Waals surface area contributed by atoms with Gasteiger partial charge in [0, 0.05) is 12.5 Å². The number of methoxy groups -OCH3 is 1. The summed E-state index contributed by atoms with van der Waals surface area (Å²) in [6.07, 6.45) is 0.713. The molecular formula is C16H15N3OS. The number of aromatic nitrogens is 3. The summed E-state index contributed by atoms with van der Waals surface area (Å²) >= 11 is 5.35. The van der Waals surface area contributed by atoms with E-state index < -0.39 is 0 Å². The molecule has 21 heavy (non-hydrogen) atoms. The molecule has 1 heterocycles. The molecule has 1 N–H and O–H groups in total. The first-order chi connectivity index (χ1) is 10.3. The topological polar surface area (TPSA) is 42.8 Å². The molecule has 0 amide bonds. The first-order valence-electron chi connectivity index (χ1n) is 6.62. The first-order valence-corrected chi connectivity index (χ1v) is 7.03. The SMILES string of the molecule is COc1cccc(-n2c(Cc3ccccc3)n[nH]c2=S)c1. The third kappa shape index (κ3) is 2.87. The lowest BCUT2D eigenvalue weighted by atomic mass is 10.1. The monoisotopic (exact) mass is 297 g/mol. The van der Waals surface area contributed by atoms with Gasteiger partial charge in [-0.3, -0.25) is 9.67 Å². The Kier molecular flexibility index (Phi) is 3.83. The number of ether oxygens (including phenoxy) is 1. The predicted octanol–water partition coefficient (Wildman–Crippen LogP) is 3.53. The minimum absolute atomic E-state index is 0.578. The molecule has 4 nitrogen and oxygen atoms in total. The van der Waals surface area contributed by atoms with Crippen LogP contribution in [0.3, 0.4) is 0 Å². The van der Waals surface area contributed by atoms with Crippen LogP contribution in [0.2, 0.25) is 0 Å². The summed E-state index contributed by atoms with van der Waals surface area (Å²) in [4.78, 5) is 0. The van der Waals surface area contributed by atoms with Crippen LogP contribution in [-0.2, 0) is 6.42 Å². The van der Waals surface area contributed by atoms with Crippen LogP contribution in [-0.4, -0.2) is 21.9 Å². The maximum absolute atomic E-state index is 5.35. The lowest BCUT2D eigenvalue weighted by Gasteiger charge is -2.08. The molecule has 0 aliphatic heterocycles. The maximum Gasteiger partial charge on any atom is 0.199 e. The minimum Gasteiger partial charge on any atom is -0.497 e. The number of H-pyrrole nitrogens is 1. The van der Waals surface area contributed by atoms with Crippen molar-refractivity contribution in [3.8, 4) is 11.4 Å². The molecule has 3 rings (SSSR count). The Hall–Kier alpha value is -2.40. The van der Waals surface area contributed by atoms with Crippen LogP contribution in [0.15, 0.2) is 54.6 Å². The fourth-order valence-corrected chi connectivity index (χ4v) is 2.50. The molecule has 0 saturated heterocycles. The number of benzene rings is 2. The lowest BCUT2D eigenvalue weighted by Crippen LogP contribution is -2.02. The van der Waals surface area contributed by atoms with E-state index in [1.807, 2.05) is 47.0 Å². The van der Waals surface area contributed by atoms with Crippen LogP contribution in [0.4, 0.5) is 0 Å². The quantitative estimate of drug-likeness (QED) is 0.749. The van der Waals surface area contributed by atoms with Crippen molar-refractivity contribution in [1.29, 1.82) is 0 Å². The van der Waals surface area contributed by atoms with E-state index in [9.17, 15) is 0 Å². The summed E-state index contributed by atoms with van der Waals surface area (Å²) in [6, 6.07) is 18.0. The number of nitrogens with zero attached hydrogens (tertiary/aromatic N) is 2. The Balaban J connectivity index is 2.02. The van der Waals surface area contributed by atoms with Gasteiger partial charge in [0.25, 0.3) is 0 Å². The highest BCUT2D eigenvalue weighted by atomic mass is 32.1. The molecule has 106 valence electrons. The van der Waals surface area contributed by atoms with E-state index in [1.165, 1.54) is 5.56 Å². The number of nitrogens with one attached hydrogen (secondary N) is 1. The second-order valence-electron chi connectivity index (χ2n) is 4.64. The van der Waals surface area contributed by atoms with E-state index >= 15 is 0 Å². The van der Waals surface area contributed by atoms with Crippen LogP contribution in [0.1, 0.15) is 11.4 Å². The number of rotatable bonds is 4. The van der Waals surface area contributed by atoms with Crippen molar-refractivity contribution < 1.29 is 4.74 Å². The fourth-order valence-electron chi connectivity index (χ4n) is 2.24. The Morgan fingerprint density at radius 2 is 1.95 bits per heavy atom. The van der Waals surface area contributed by atoms with Crippen molar-refractivity contribution >= 4 is 12.2 Å². The average molecular weight is 297 g/mol. The van der Waals surface area contributed by atoms with E-state index in [0.717, 1.165) is 17.3 Å². The second-order valence-corrected chi connectivity index (χ2v) is 5.03. The molecule has 0 atom stereocenters. The molecule has 0 bridgehead atoms. The first kappa shape index (κ1) is 13.6. The summed E-state index contributed by atoms with van der Waals surface area (Å²) in [5.74, 6) is 1.67. The van der Waals surface area contributed by atoms with Gasteiger partial charge >= 0.3 is 0 Å². The van der Waals surface area contributed by atoms with Crippen molar-refractivity contribution in [2.24, 2.45) is 0 Å². The van der Waals surface area contributed by atoms with Crippen molar-refractivity contribution in [3.63, 3.8) is 0 Å². The summed E-state index contributed by atoms with van der Waals surface area (Å²) in [5.41, 5.74) is 2.13. The zero-order valence-corrected chi connectivity index (χ0v) is 12.4. The van der Waals surface area contributed by atoms with Crippen molar-refractivity contribution in [1.82, 2.24) is 14.8 Å². The molecule has 0 radical (unpaired) electrons. The molecule has 0 saturated carbocycles. The predicted molar refractivity (Wildman–Crippen MR) is 84.5 cm³/mol. The van der Waals surface area contributed by atoms with Gasteiger partial charge in [0.2, 0.25) is 0 Å².